The number of benzene rings is 1. The zero-order valence-electron chi connectivity index (χ0n) is 12.6. The number of hydrogen-bond acceptors (Lipinski definition) is 3. The zero-order valence-corrected chi connectivity index (χ0v) is 13.4. The fourth-order valence-corrected chi connectivity index (χ4v) is 2.34. The van der Waals surface area contributed by atoms with Crippen molar-refractivity contribution >= 4 is 23.3 Å². The van der Waals surface area contributed by atoms with E-state index in [0.29, 0.717) is 23.1 Å². The molecule has 0 fully saturated rings. The van der Waals surface area contributed by atoms with Crippen molar-refractivity contribution in [1.29, 1.82) is 0 Å². The van der Waals surface area contributed by atoms with Crippen LogP contribution in [0.3, 0.4) is 0 Å². The summed E-state index contributed by atoms with van der Waals surface area (Å²) in [5, 5.41) is 11.8. The molecule has 1 amide bonds. The minimum absolute atomic E-state index is 0.0963. The highest BCUT2D eigenvalue weighted by Gasteiger charge is 2.09. The van der Waals surface area contributed by atoms with Gasteiger partial charge in [0.2, 0.25) is 5.91 Å². The van der Waals surface area contributed by atoms with Crippen LogP contribution in [0.5, 0.6) is 0 Å². The first-order chi connectivity index (χ1) is 11.1. The molecule has 1 aromatic carbocycles. The Morgan fingerprint density at radius 1 is 1.17 bits per heavy atom. The van der Waals surface area contributed by atoms with E-state index < -0.39 is 0 Å². The second-order valence-corrected chi connectivity index (χ2v) is 5.60. The van der Waals surface area contributed by atoms with Gasteiger partial charge in [-0.15, -0.1) is 0 Å². The lowest BCUT2D eigenvalue weighted by Gasteiger charge is -2.03. The van der Waals surface area contributed by atoms with Gasteiger partial charge >= 0.3 is 0 Å². The molecule has 0 radical (unpaired) electrons. The first kappa shape index (κ1) is 15.3. The molecule has 0 saturated heterocycles. The van der Waals surface area contributed by atoms with Crippen molar-refractivity contribution in [2.24, 2.45) is 0 Å². The Bertz CT molecular complexity index is 790. The molecule has 7 heteroatoms. The monoisotopic (exact) mass is 329 g/mol. The van der Waals surface area contributed by atoms with Crippen LogP contribution >= 0.6 is 11.6 Å². The van der Waals surface area contributed by atoms with Crippen molar-refractivity contribution in [3.63, 3.8) is 0 Å². The Morgan fingerprint density at radius 3 is 2.65 bits per heavy atom. The zero-order chi connectivity index (χ0) is 16.2. The lowest BCUT2D eigenvalue weighted by atomic mass is 10.2. The van der Waals surface area contributed by atoms with Crippen molar-refractivity contribution in [2.45, 2.75) is 20.0 Å². The van der Waals surface area contributed by atoms with Crippen LogP contribution in [0.15, 0.2) is 48.8 Å². The number of aryl methyl sites for hydroxylation is 1. The molecule has 118 valence electrons. The van der Waals surface area contributed by atoms with Crippen molar-refractivity contribution < 1.29 is 4.79 Å². The quantitative estimate of drug-likeness (QED) is 0.782. The van der Waals surface area contributed by atoms with Gasteiger partial charge in [-0.05, 0) is 12.5 Å². The first-order valence-corrected chi connectivity index (χ1v) is 7.55. The lowest BCUT2D eigenvalue weighted by Crippen LogP contribution is -2.19. The number of rotatable bonds is 5. The van der Waals surface area contributed by atoms with Crippen LogP contribution in [-0.4, -0.2) is 25.5 Å². The third-order valence-corrected chi connectivity index (χ3v) is 3.66. The summed E-state index contributed by atoms with van der Waals surface area (Å²) in [6, 6.07) is 11.8. The molecule has 23 heavy (non-hydrogen) atoms. The number of nitrogens with zero attached hydrogens (tertiary/aromatic N) is 4. The van der Waals surface area contributed by atoms with Gasteiger partial charge in [0.15, 0.2) is 5.82 Å². The number of halogens is 1. The second kappa shape index (κ2) is 6.66. The van der Waals surface area contributed by atoms with E-state index in [1.807, 2.05) is 36.5 Å². The standard InChI is InChI=1S/C16H16ClN5O/c1-12-14(17)10-22(19-12)11-16(23)18-15-7-8-21(20-15)9-13-5-3-2-4-6-13/h2-8,10H,9,11H2,1H3,(H,18,20,23). The van der Waals surface area contributed by atoms with E-state index in [1.54, 1.807) is 23.9 Å². The Balaban J connectivity index is 1.59. The Labute approximate surface area is 138 Å². The van der Waals surface area contributed by atoms with Crippen molar-refractivity contribution in [3.8, 4) is 0 Å². The third kappa shape index (κ3) is 3.98. The Kier molecular flexibility index (Phi) is 4.43. The molecule has 0 aliphatic carbocycles. The highest BCUT2D eigenvalue weighted by atomic mass is 35.5. The van der Waals surface area contributed by atoms with Gasteiger partial charge in [0.05, 0.1) is 17.3 Å². The van der Waals surface area contributed by atoms with Gasteiger partial charge in [-0.25, -0.2) is 0 Å². The molecule has 0 spiro atoms. The normalized spacial score (nSPS) is 10.7. The Hall–Kier alpha value is -2.60. The number of aromatic nitrogens is 4. The summed E-state index contributed by atoms with van der Waals surface area (Å²) in [5.74, 6) is 0.315. The fourth-order valence-electron chi connectivity index (χ4n) is 2.19. The van der Waals surface area contributed by atoms with Gasteiger partial charge in [-0.2, -0.15) is 10.2 Å². The predicted octanol–water partition coefficient (Wildman–Crippen LogP) is 2.73. The molecule has 6 nitrogen and oxygen atoms in total. The van der Waals surface area contributed by atoms with Crippen molar-refractivity contribution in [3.05, 3.63) is 65.1 Å². The van der Waals surface area contributed by atoms with Gasteiger partial charge in [-0.3, -0.25) is 14.2 Å². The molecule has 3 aromatic rings. The molecule has 0 bridgehead atoms. The average Bonchev–Trinajstić information content (AvgIpc) is 3.07. The van der Waals surface area contributed by atoms with Crippen LogP contribution in [-0.2, 0) is 17.9 Å². The van der Waals surface area contributed by atoms with Crippen LogP contribution in [0, 0.1) is 6.92 Å². The van der Waals surface area contributed by atoms with Gasteiger partial charge in [0, 0.05) is 18.5 Å². The fraction of sp³-hybridized carbons (Fsp3) is 0.188. The van der Waals surface area contributed by atoms with Crippen LogP contribution in [0.4, 0.5) is 5.82 Å². The summed E-state index contributed by atoms with van der Waals surface area (Å²) in [7, 11) is 0. The summed E-state index contributed by atoms with van der Waals surface area (Å²) in [4.78, 5) is 12.0. The van der Waals surface area contributed by atoms with E-state index in [-0.39, 0.29) is 12.5 Å². The molecule has 0 unspecified atom stereocenters. The number of anilines is 1. The maximum absolute atomic E-state index is 12.0. The smallest absolute Gasteiger partial charge is 0.247 e. The SMILES string of the molecule is Cc1nn(CC(=O)Nc2ccn(Cc3ccccc3)n2)cc1Cl. The topological polar surface area (TPSA) is 64.7 Å². The molecule has 0 saturated carbocycles. The summed E-state index contributed by atoms with van der Waals surface area (Å²) < 4.78 is 3.29. The van der Waals surface area contributed by atoms with Gasteiger partial charge in [0.25, 0.3) is 0 Å². The molecule has 0 atom stereocenters. The van der Waals surface area contributed by atoms with E-state index in [0.717, 1.165) is 5.56 Å². The van der Waals surface area contributed by atoms with Gasteiger partial charge in [0.1, 0.15) is 6.54 Å². The van der Waals surface area contributed by atoms with Gasteiger partial charge in [-0.1, -0.05) is 41.9 Å². The van der Waals surface area contributed by atoms with Crippen molar-refractivity contribution in [1.82, 2.24) is 19.6 Å². The number of hydrogen-bond donors (Lipinski definition) is 1. The number of carbonyl (C=O) groups is 1. The van der Waals surface area contributed by atoms with Crippen LogP contribution in [0.1, 0.15) is 11.3 Å². The summed E-state index contributed by atoms with van der Waals surface area (Å²) in [6.07, 6.45) is 3.46. The number of nitrogens with one attached hydrogen (secondary N) is 1. The summed E-state index contributed by atoms with van der Waals surface area (Å²) in [5.41, 5.74) is 1.85. The van der Waals surface area contributed by atoms with Crippen LogP contribution < -0.4 is 5.32 Å². The summed E-state index contributed by atoms with van der Waals surface area (Å²) >= 11 is 5.92. The maximum Gasteiger partial charge on any atom is 0.247 e. The van der Waals surface area contributed by atoms with Crippen LogP contribution in [0.25, 0.3) is 0 Å². The molecular weight excluding hydrogens is 314 g/mol. The first-order valence-electron chi connectivity index (χ1n) is 7.17. The molecule has 1 N–H and O–H groups in total. The minimum atomic E-state index is -0.200. The van der Waals surface area contributed by atoms with E-state index >= 15 is 0 Å². The molecule has 0 aliphatic heterocycles. The minimum Gasteiger partial charge on any atom is -0.308 e. The van der Waals surface area contributed by atoms with Gasteiger partial charge < -0.3 is 5.32 Å². The molecule has 2 aromatic heterocycles. The lowest BCUT2D eigenvalue weighted by molar-refractivity contribution is -0.116. The number of carbonyl (C=O) groups excluding carboxylic acids is 1. The molecular formula is C16H16ClN5O. The van der Waals surface area contributed by atoms with E-state index in [1.165, 1.54) is 4.68 Å². The maximum atomic E-state index is 12.0. The predicted molar refractivity (Wildman–Crippen MR) is 88.4 cm³/mol. The van der Waals surface area contributed by atoms with E-state index in [9.17, 15) is 4.79 Å². The highest BCUT2D eigenvalue weighted by molar-refractivity contribution is 6.31. The Morgan fingerprint density at radius 2 is 1.96 bits per heavy atom. The largest absolute Gasteiger partial charge is 0.308 e. The van der Waals surface area contributed by atoms with E-state index in [4.69, 9.17) is 11.6 Å². The average molecular weight is 330 g/mol. The summed E-state index contributed by atoms with van der Waals surface area (Å²) in [6.45, 7) is 2.55. The third-order valence-electron chi connectivity index (χ3n) is 3.29. The molecule has 0 aliphatic rings. The highest BCUT2D eigenvalue weighted by Crippen LogP contribution is 2.12. The van der Waals surface area contributed by atoms with Crippen LogP contribution in [0.2, 0.25) is 5.02 Å². The number of amides is 1. The van der Waals surface area contributed by atoms with E-state index in [2.05, 4.69) is 15.5 Å². The second-order valence-electron chi connectivity index (χ2n) is 5.19. The van der Waals surface area contributed by atoms with Crippen molar-refractivity contribution in [2.75, 3.05) is 5.32 Å². The molecule has 3 rings (SSSR count). The molecule has 2 heterocycles.